The van der Waals surface area contributed by atoms with Crippen LogP contribution in [0.4, 0.5) is 18.9 Å². The quantitative estimate of drug-likeness (QED) is 0.558. The molecule has 0 aliphatic heterocycles. The Bertz CT molecular complexity index is 795. The fourth-order valence-electron chi connectivity index (χ4n) is 2.36. The first-order valence-electron chi connectivity index (χ1n) is 8.27. The number of benzene rings is 2. The summed E-state index contributed by atoms with van der Waals surface area (Å²) in [6, 6.07) is 12.3. The minimum atomic E-state index is -4.58. The number of aryl methyl sites for hydroxylation is 1. The SMILES string of the molecule is O=C(NCCCCc1ccccc1)C(=O)Nc1cc(C(F)(F)F)ccc1Cl. The topological polar surface area (TPSA) is 58.2 Å². The van der Waals surface area contributed by atoms with Crippen molar-refractivity contribution in [2.45, 2.75) is 25.4 Å². The molecule has 0 atom stereocenters. The Morgan fingerprint density at radius 1 is 0.963 bits per heavy atom. The molecule has 0 heterocycles. The number of carbonyl (C=O) groups excluding carboxylic acids is 2. The maximum Gasteiger partial charge on any atom is 0.416 e. The van der Waals surface area contributed by atoms with Crippen molar-refractivity contribution in [3.05, 3.63) is 64.7 Å². The maximum atomic E-state index is 12.7. The molecule has 4 nitrogen and oxygen atoms in total. The number of halogens is 4. The minimum absolute atomic E-state index is 0.0907. The summed E-state index contributed by atoms with van der Waals surface area (Å²) in [7, 11) is 0. The number of hydrogen-bond acceptors (Lipinski definition) is 2. The van der Waals surface area contributed by atoms with E-state index in [0.29, 0.717) is 12.5 Å². The Labute approximate surface area is 159 Å². The van der Waals surface area contributed by atoms with Crippen molar-refractivity contribution in [3.63, 3.8) is 0 Å². The molecule has 2 aromatic carbocycles. The van der Waals surface area contributed by atoms with Crippen LogP contribution in [0.2, 0.25) is 5.02 Å². The van der Waals surface area contributed by atoms with E-state index in [1.54, 1.807) is 0 Å². The third kappa shape index (κ3) is 6.60. The van der Waals surface area contributed by atoms with E-state index < -0.39 is 23.6 Å². The zero-order chi connectivity index (χ0) is 19.9. The molecule has 0 aliphatic carbocycles. The molecule has 0 aromatic heterocycles. The largest absolute Gasteiger partial charge is 0.416 e. The molecule has 0 bridgehead atoms. The van der Waals surface area contributed by atoms with Crippen LogP contribution in [-0.4, -0.2) is 18.4 Å². The van der Waals surface area contributed by atoms with Crippen LogP contribution in [0.3, 0.4) is 0 Å². The van der Waals surface area contributed by atoms with Gasteiger partial charge in [-0.3, -0.25) is 9.59 Å². The normalized spacial score (nSPS) is 11.1. The average molecular weight is 399 g/mol. The second-order valence-electron chi connectivity index (χ2n) is 5.85. The van der Waals surface area contributed by atoms with Gasteiger partial charge in [0.1, 0.15) is 0 Å². The predicted molar refractivity (Wildman–Crippen MR) is 97.5 cm³/mol. The maximum absolute atomic E-state index is 12.7. The summed E-state index contributed by atoms with van der Waals surface area (Å²) in [6.07, 6.45) is -2.24. The third-order valence-electron chi connectivity index (χ3n) is 3.77. The Balaban J connectivity index is 1.79. The predicted octanol–water partition coefficient (Wildman–Crippen LogP) is 4.44. The van der Waals surface area contributed by atoms with Gasteiger partial charge in [0.25, 0.3) is 0 Å². The van der Waals surface area contributed by atoms with Crippen LogP contribution in [0.1, 0.15) is 24.0 Å². The van der Waals surface area contributed by atoms with Crippen molar-refractivity contribution in [1.82, 2.24) is 5.32 Å². The van der Waals surface area contributed by atoms with Crippen molar-refractivity contribution in [3.8, 4) is 0 Å². The molecule has 0 unspecified atom stereocenters. The molecular formula is C19H18ClF3N2O2. The van der Waals surface area contributed by atoms with Gasteiger partial charge in [-0.2, -0.15) is 13.2 Å². The molecule has 0 fully saturated rings. The Morgan fingerprint density at radius 3 is 2.33 bits per heavy atom. The van der Waals surface area contributed by atoms with Gasteiger partial charge < -0.3 is 10.6 Å². The lowest BCUT2D eigenvalue weighted by Gasteiger charge is -2.11. The summed E-state index contributed by atoms with van der Waals surface area (Å²) in [5.74, 6) is -2.00. The summed E-state index contributed by atoms with van der Waals surface area (Å²) >= 11 is 5.79. The Hall–Kier alpha value is -2.54. The summed E-state index contributed by atoms with van der Waals surface area (Å²) in [5.41, 5.74) is -0.0556. The van der Waals surface area contributed by atoms with Gasteiger partial charge >= 0.3 is 18.0 Å². The van der Waals surface area contributed by atoms with Crippen molar-refractivity contribution in [2.24, 2.45) is 0 Å². The van der Waals surface area contributed by atoms with Crippen molar-refractivity contribution in [2.75, 3.05) is 11.9 Å². The van der Waals surface area contributed by atoms with Crippen LogP contribution in [0.5, 0.6) is 0 Å². The minimum Gasteiger partial charge on any atom is -0.348 e. The summed E-state index contributed by atoms with van der Waals surface area (Å²) in [6.45, 7) is 0.287. The molecule has 144 valence electrons. The lowest BCUT2D eigenvalue weighted by Crippen LogP contribution is -2.36. The number of amides is 2. The lowest BCUT2D eigenvalue weighted by molar-refractivity contribution is -0.137. The second kappa shape index (κ2) is 9.41. The van der Waals surface area contributed by atoms with Crippen molar-refractivity contribution < 1.29 is 22.8 Å². The van der Waals surface area contributed by atoms with Gasteiger partial charge in [-0.15, -0.1) is 0 Å². The lowest BCUT2D eigenvalue weighted by atomic mass is 10.1. The van der Waals surface area contributed by atoms with Gasteiger partial charge in [0.2, 0.25) is 0 Å². The zero-order valence-corrected chi connectivity index (χ0v) is 15.0. The highest BCUT2D eigenvalue weighted by atomic mass is 35.5. The summed E-state index contributed by atoms with van der Waals surface area (Å²) < 4.78 is 38.2. The first-order valence-corrected chi connectivity index (χ1v) is 8.65. The van der Waals surface area contributed by atoms with E-state index in [1.807, 2.05) is 30.3 Å². The van der Waals surface area contributed by atoms with Crippen LogP contribution in [-0.2, 0) is 22.2 Å². The van der Waals surface area contributed by atoms with Crippen LogP contribution in [0.15, 0.2) is 48.5 Å². The van der Waals surface area contributed by atoms with E-state index in [-0.39, 0.29) is 17.3 Å². The molecule has 0 saturated carbocycles. The van der Waals surface area contributed by atoms with Crippen molar-refractivity contribution in [1.29, 1.82) is 0 Å². The van der Waals surface area contributed by atoms with Gasteiger partial charge in [0, 0.05) is 6.54 Å². The van der Waals surface area contributed by atoms with Gasteiger partial charge in [-0.25, -0.2) is 0 Å². The average Bonchev–Trinajstić information content (AvgIpc) is 2.63. The van der Waals surface area contributed by atoms with Crippen LogP contribution >= 0.6 is 11.6 Å². The number of nitrogens with one attached hydrogen (secondary N) is 2. The number of alkyl halides is 3. The third-order valence-corrected chi connectivity index (χ3v) is 4.10. The molecule has 2 amide bonds. The second-order valence-corrected chi connectivity index (χ2v) is 6.25. The fraction of sp³-hybridized carbons (Fsp3) is 0.263. The van der Waals surface area contributed by atoms with Crippen LogP contribution in [0.25, 0.3) is 0 Å². The van der Waals surface area contributed by atoms with E-state index in [1.165, 1.54) is 5.56 Å². The number of rotatable bonds is 6. The molecule has 0 radical (unpaired) electrons. The summed E-state index contributed by atoms with van der Waals surface area (Å²) in [5, 5.41) is 4.45. The van der Waals surface area contributed by atoms with Gasteiger partial charge in [-0.1, -0.05) is 41.9 Å². The molecule has 2 rings (SSSR count). The molecular weight excluding hydrogens is 381 g/mol. The first-order chi connectivity index (χ1) is 12.8. The Morgan fingerprint density at radius 2 is 1.67 bits per heavy atom. The van der Waals surface area contributed by atoms with E-state index >= 15 is 0 Å². The molecule has 0 spiro atoms. The zero-order valence-electron chi connectivity index (χ0n) is 14.3. The molecule has 0 aliphatic rings. The Kier molecular flexibility index (Phi) is 7.24. The van der Waals surface area contributed by atoms with Gasteiger partial charge in [0.15, 0.2) is 0 Å². The fourth-order valence-corrected chi connectivity index (χ4v) is 2.52. The molecule has 0 saturated heterocycles. The van der Waals surface area contributed by atoms with Crippen molar-refractivity contribution >= 4 is 29.1 Å². The van der Waals surface area contributed by atoms with E-state index in [4.69, 9.17) is 11.6 Å². The smallest absolute Gasteiger partial charge is 0.348 e. The van der Waals surface area contributed by atoms with E-state index in [2.05, 4.69) is 10.6 Å². The molecule has 2 aromatic rings. The number of carbonyl (C=O) groups is 2. The van der Waals surface area contributed by atoms with Crippen LogP contribution < -0.4 is 10.6 Å². The highest BCUT2D eigenvalue weighted by Crippen LogP contribution is 2.33. The standard InChI is InChI=1S/C19H18ClF3N2O2/c20-15-10-9-14(19(21,22)23)12-16(15)25-18(27)17(26)24-11-5-4-8-13-6-2-1-3-7-13/h1-3,6-7,9-10,12H,4-5,8,11H2,(H,24,26)(H,25,27). The first kappa shape index (κ1) is 20.8. The van der Waals surface area contributed by atoms with E-state index in [9.17, 15) is 22.8 Å². The van der Waals surface area contributed by atoms with E-state index in [0.717, 1.165) is 25.0 Å². The molecule has 27 heavy (non-hydrogen) atoms. The number of anilines is 1. The highest BCUT2D eigenvalue weighted by molar-refractivity contribution is 6.41. The van der Waals surface area contributed by atoms with Gasteiger partial charge in [0.05, 0.1) is 16.3 Å². The van der Waals surface area contributed by atoms with Gasteiger partial charge in [-0.05, 0) is 43.0 Å². The molecule has 2 N–H and O–H groups in total. The monoisotopic (exact) mass is 398 g/mol. The molecule has 8 heteroatoms. The number of hydrogen-bond donors (Lipinski definition) is 2. The summed E-state index contributed by atoms with van der Waals surface area (Å²) in [4.78, 5) is 23.6. The van der Waals surface area contributed by atoms with Crippen LogP contribution in [0, 0.1) is 0 Å². The number of unbranched alkanes of at least 4 members (excludes halogenated alkanes) is 1. The highest BCUT2D eigenvalue weighted by Gasteiger charge is 2.31.